The lowest BCUT2D eigenvalue weighted by Crippen LogP contribution is -2.30. The van der Waals surface area contributed by atoms with Crippen LogP contribution in [0.15, 0.2) is 30.3 Å². The van der Waals surface area contributed by atoms with Crippen LogP contribution in [-0.4, -0.2) is 12.5 Å². The van der Waals surface area contributed by atoms with Crippen LogP contribution in [0.1, 0.15) is 20.8 Å². The van der Waals surface area contributed by atoms with Crippen LogP contribution in [0.3, 0.4) is 0 Å². The second-order valence-electron chi connectivity index (χ2n) is 4.29. The molecule has 0 saturated carbocycles. The summed E-state index contributed by atoms with van der Waals surface area (Å²) in [4.78, 5) is 13.8. The molecular weight excluding hydrogens is 230 g/mol. The quantitative estimate of drug-likeness (QED) is 0.819. The Morgan fingerprint density at radius 1 is 1.29 bits per heavy atom. The van der Waals surface area contributed by atoms with Gasteiger partial charge in [-0.2, -0.15) is 0 Å². The van der Waals surface area contributed by atoms with Gasteiger partial charge in [-0.25, -0.2) is 0 Å². The first kappa shape index (κ1) is 10.5. The highest BCUT2D eigenvalue weighted by Gasteiger charge is 2.20. The monoisotopic (exact) mass is 243 g/mol. The fourth-order valence-electron chi connectivity index (χ4n) is 2.18. The van der Waals surface area contributed by atoms with Gasteiger partial charge < -0.3 is 5.32 Å². The minimum absolute atomic E-state index is 0.0797. The van der Waals surface area contributed by atoms with E-state index in [9.17, 15) is 4.79 Å². The molecule has 1 aliphatic heterocycles. The van der Waals surface area contributed by atoms with Crippen LogP contribution < -0.4 is 5.32 Å². The SMILES string of the molecule is Cc1ccccc1-c1cc2c(s1)C(=O)NCC2. The highest BCUT2D eigenvalue weighted by molar-refractivity contribution is 7.17. The number of carbonyl (C=O) groups is 1. The average Bonchev–Trinajstić information content (AvgIpc) is 2.75. The van der Waals surface area contributed by atoms with Gasteiger partial charge in [0.2, 0.25) is 0 Å². The lowest BCUT2D eigenvalue weighted by molar-refractivity contribution is 0.0950. The van der Waals surface area contributed by atoms with Crippen molar-refractivity contribution in [3.63, 3.8) is 0 Å². The number of hydrogen-bond acceptors (Lipinski definition) is 2. The summed E-state index contributed by atoms with van der Waals surface area (Å²) in [5.41, 5.74) is 3.68. The molecule has 0 aliphatic carbocycles. The summed E-state index contributed by atoms with van der Waals surface area (Å²) in [6.07, 6.45) is 0.948. The normalized spacial score (nSPS) is 14.3. The van der Waals surface area contributed by atoms with Gasteiger partial charge in [-0.1, -0.05) is 24.3 Å². The van der Waals surface area contributed by atoms with Crippen molar-refractivity contribution < 1.29 is 4.79 Å². The molecule has 3 heteroatoms. The summed E-state index contributed by atoms with van der Waals surface area (Å²) in [6.45, 7) is 2.86. The van der Waals surface area contributed by atoms with E-state index < -0.39 is 0 Å². The molecule has 1 aromatic heterocycles. The first-order valence-corrected chi connectivity index (χ1v) is 6.54. The topological polar surface area (TPSA) is 29.1 Å². The minimum atomic E-state index is 0.0797. The van der Waals surface area contributed by atoms with Crippen LogP contribution >= 0.6 is 11.3 Å². The molecule has 17 heavy (non-hydrogen) atoms. The van der Waals surface area contributed by atoms with Gasteiger partial charge in [0, 0.05) is 11.4 Å². The van der Waals surface area contributed by atoms with Crippen LogP contribution in [0.5, 0.6) is 0 Å². The molecule has 0 unspecified atom stereocenters. The number of benzene rings is 1. The molecule has 0 atom stereocenters. The van der Waals surface area contributed by atoms with Crippen LogP contribution in [-0.2, 0) is 6.42 Å². The number of rotatable bonds is 1. The Kier molecular flexibility index (Phi) is 2.48. The molecule has 2 nitrogen and oxygen atoms in total. The number of carbonyl (C=O) groups excluding carboxylic acids is 1. The Hall–Kier alpha value is -1.61. The van der Waals surface area contributed by atoms with Gasteiger partial charge >= 0.3 is 0 Å². The third-order valence-electron chi connectivity index (χ3n) is 3.11. The maximum Gasteiger partial charge on any atom is 0.261 e. The second-order valence-corrected chi connectivity index (χ2v) is 5.34. The van der Waals surface area contributed by atoms with Gasteiger partial charge in [0.1, 0.15) is 0 Å². The summed E-state index contributed by atoms with van der Waals surface area (Å²) in [5, 5.41) is 2.89. The Morgan fingerprint density at radius 2 is 2.12 bits per heavy atom. The summed E-state index contributed by atoms with van der Waals surface area (Å²) in [6, 6.07) is 10.5. The standard InChI is InChI=1S/C14H13NOS/c1-9-4-2-3-5-11(9)12-8-10-6-7-15-14(16)13(10)17-12/h2-5,8H,6-7H2,1H3,(H,15,16). The summed E-state index contributed by atoms with van der Waals surface area (Å²) in [5.74, 6) is 0.0797. The molecule has 86 valence electrons. The fourth-order valence-corrected chi connectivity index (χ4v) is 3.40. The van der Waals surface area contributed by atoms with Crippen LogP contribution in [0.2, 0.25) is 0 Å². The van der Waals surface area contributed by atoms with E-state index in [1.807, 2.05) is 12.1 Å². The van der Waals surface area contributed by atoms with E-state index in [2.05, 4.69) is 30.4 Å². The van der Waals surface area contributed by atoms with Crippen molar-refractivity contribution in [1.29, 1.82) is 0 Å². The first-order valence-electron chi connectivity index (χ1n) is 5.72. The van der Waals surface area contributed by atoms with Crippen molar-refractivity contribution >= 4 is 17.2 Å². The van der Waals surface area contributed by atoms with Crippen LogP contribution in [0.4, 0.5) is 0 Å². The molecule has 1 N–H and O–H groups in total. The van der Waals surface area contributed by atoms with Crippen molar-refractivity contribution in [3.05, 3.63) is 46.3 Å². The van der Waals surface area contributed by atoms with Gasteiger partial charge in [-0.15, -0.1) is 11.3 Å². The lowest BCUT2D eigenvalue weighted by atomic mass is 10.0. The largest absolute Gasteiger partial charge is 0.351 e. The molecule has 2 heterocycles. The molecule has 0 bridgehead atoms. The van der Waals surface area contributed by atoms with E-state index in [0.717, 1.165) is 17.8 Å². The third kappa shape index (κ3) is 1.76. The third-order valence-corrected chi connectivity index (χ3v) is 4.32. The van der Waals surface area contributed by atoms with Gasteiger partial charge in [-0.3, -0.25) is 4.79 Å². The summed E-state index contributed by atoms with van der Waals surface area (Å²) < 4.78 is 0. The highest BCUT2D eigenvalue weighted by Crippen LogP contribution is 2.34. The predicted molar refractivity (Wildman–Crippen MR) is 70.5 cm³/mol. The number of hydrogen-bond donors (Lipinski definition) is 1. The highest BCUT2D eigenvalue weighted by atomic mass is 32.1. The second kappa shape index (κ2) is 4.00. The van der Waals surface area contributed by atoms with Crippen molar-refractivity contribution in [2.75, 3.05) is 6.54 Å². The van der Waals surface area contributed by atoms with Crippen molar-refractivity contribution in [2.45, 2.75) is 13.3 Å². The smallest absolute Gasteiger partial charge is 0.261 e. The zero-order valence-electron chi connectivity index (χ0n) is 9.62. The molecule has 0 saturated heterocycles. The molecular formula is C14H13NOS. The zero-order valence-corrected chi connectivity index (χ0v) is 10.4. The molecule has 0 spiro atoms. The van der Waals surface area contributed by atoms with E-state index >= 15 is 0 Å². The molecule has 1 amide bonds. The van der Waals surface area contributed by atoms with Crippen molar-refractivity contribution in [2.24, 2.45) is 0 Å². The Balaban J connectivity index is 2.11. The van der Waals surface area contributed by atoms with E-state index in [1.165, 1.54) is 21.6 Å². The number of amides is 1. The number of thiophene rings is 1. The number of fused-ring (bicyclic) bond motifs is 1. The Bertz CT molecular complexity index is 586. The van der Waals surface area contributed by atoms with Gasteiger partial charge in [0.05, 0.1) is 4.88 Å². The Labute approximate surface area is 104 Å². The van der Waals surface area contributed by atoms with Crippen molar-refractivity contribution in [1.82, 2.24) is 5.32 Å². The molecule has 3 rings (SSSR count). The van der Waals surface area contributed by atoms with E-state index in [0.29, 0.717) is 0 Å². The zero-order chi connectivity index (χ0) is 11.8. The van der Waals surface area contributed by atoms with Crippen LogP contribution in [0, 0.1) is 6.92 Å². The van der Waals surface area contributed by atoms with E-state index in [1.54, 1.807) is 11.3 Å². The summed E-state index contributed by atoms with van der Waals surface area (Å²) >= 11 is 1.60. The average molecular weight is 243 g/mol. The predicted octanol–water partition coefficient (Wildman–Crippen LogP) is 3.01. The minimum Gasteiger partial charge on any atom is -0.351 e. The molecule has 0 radical (unpaired) electrons. The summed E-state index contributed by atoms with van der Waals surface area (Å²) in [7, 11) is 0. The molecule has 0 fully saturated rings. The van der Waals surface area contributed by atoms with Crippen LogP contribution in [0.25, 0.3) is 10.4 Å². The van der Waals surface area contributed by atoms with Gasteiger partial charge in [0.15, 0.2) is 0 Å². The molecule has 2 aromatic rings. The Morgan fingerprint density at radius 3 is 2.88 bits per heavy atom. The molecule has 1 aliphatic rings. The van der Waals surface area contributed by atoms with E-state index in [-0.39, 0.29) is 5.91 Å². The first-order chi connectivity index (χ1) is 8.25. The number of aryl methyl sites for hydroxylation is 1. The van der Waals surface area contributed by atoms with Gasteiger partial charge in [-0.05, 0) is 36.1 Å². The van der Waals surface area contributed by atoms with Crippen molar-refractivity contribution in [3.8, 4) is 10.4 Å². The van der Waals surface area contributed by atoms with E-state index in [4.69, 9.17) is 0 Å². The maximum atomic E-state index is 11.7. The lowest BCUT2D eigenvalue weighted by Gasteiger charge is -2.10. The molecule has 1 aromatic carbocycles. The van der Waals surface area contributed by atoms with Gasteiger partial charge in [0.25, 0.3) is 5.91 Å². The number of nitrogens with one attached hydrogen (secondary N) is 1. The maximum absolute atomic E-state index is 11.7. The fraction of sp³-hybridized carbons (Fsp3) is 0.214.